The first kappa shape index (κ1) is 22.1. The van der Waals surface area contributed by atoms with Crippen LogP contribution in [0.1, 0.15) is 72.1 Å². The van der Waals surface area contributed by atoms with Crippen LogP contribution in [0.5, 0.6) is 0 Å². The molecule has 3 fully saturated rings. The summed E-state index contributed by atoms with van der Waals surface area (Å²) in [7, 11) is 0. The van der Waals surface area contributed by atoms with E-state index in [1.54, 1.807) is 0 Å². The van der Waals surface area contributed by atoms with Crippen molar-refractivity contribution in [2.24, 2.45) is 28.6 Å². The maximum atomic E-state index is 13.1. The molecule has 2 N–H and O–H groups in total. The van der Waals surface area contributed by atoms with Gasteiger partial charge in [-0.05, 0) is 81.1 Å². The van der Waals surface area contributed by atoms with Gasteiger partial charge in [-0.25, -0.2) is 0 Å². The monoisotopic (exact) mass is 420 g/mol. The van der Waals surface area contributed by atoms with Gasteiger partial charge in [-0.1, -0.05) is 19.4 Å². The van der Waals surface area contributed by atoms with Crippen LogP contribution in [-0.2, 0) is 19.1 Å². The number of carbonyl (C=O) groups is 2. The van der Waals surface area contributed by atoms with Crippen molar-refractivity contribution >= 4 is 11.6 Å². The Labute approximate surface area is 179 Å². The number of hydrogen-bond donors (Lipinski definition) is 2. The second-order valence-corrected chi connectivity index (χ2v) is 10.3. The average Bonchev–Trinajstić information content (AvgIpc) is 3.01. The number of aliphatic hydroxyl groups is 2. The van der Waals surface area contributed by atoms with Crippen LogP contribution in [0, 0.1) is 28.6 Å². The zero-order chi connectivity index (χ0) is 21.7. The predicted octanol–water partition coefficient (Wildman–Crippen LogP) is 3.15. The molecule has 0 amide bonds. The van der Waals surface area contributed by atoms with Crippen LogP contribution in [0.25, 0.3) is 0 Å². The van der Waals surface area contributed by atoms with Gasteiger partial charge in [0.05, 0.1) is 0 Å². The first-order valence-electron chi connectivity index (χ1n) is 11.6. The van der Waals surface area contributed by atoms with Crippen LogP contribution >= 0.6 is 0 Å². The van der Waals surface area contributed by atoms with Crippen molar-refractivity contribution in [2.75, 3.05) is 13.4 Å². The van der Waals surface area contributed by atoms with E-state index >= 15 is 0 Å². The molecule has 168 valence electrons. The van der Waals surface area contributed by atoms with E-state index in [1.165, 1.54) is 5.57 Å². The van der Waals surface area contributed by atoms with Crippen LogP contribution in [0.3, 0.4) is 0 Å². The molecule has 0 radical (unpaired) electrons. The summed E-state index contributed by atoms with van der Waals surface area (Å²) in [5.41, 5.74) is -0.280. The lowest BCUT2D eigenvalue weighted by molar-refractivity contribution is -0.219. The van der Waals surface area contributed by atoms with Crippen LogP contribution in [-0.4, -0.2) is 47.1 Å². The summed E-state index contributed by atoms with van der Waals surface area (Å²) < 4.78 is 11.5. The molecule has 0 heterocycles. The molecule has 4 rings (SSSR count). The Kier molecular flexibility index (Phi) is 5.76. The molecular weight excluding hydrogens is 384 g/mol. The normalized spacial score (nSPS) is 43.1. The standard InChI is InChI=1S/C24H36O6/c1-4-29-14-30-24(20(26)21(27)28)12-9-19-17-6-5-15-13-16(25)7-10-22(15,2)18(17)8-11-23(19,24)3/h13,17-19,21,27-28H,4-12,14H2,1-3H3/t17-,18+,19+,22+,23+,24+/m1/s1. The Morgan fingerprint density at radius 2 is 1.87 bits per heavy atom. The summed E-state index contributed by atoms with van der Waals surface area (Å²) in [6, 6.07) is 0. The smallest absolute Gasteiger partial charge is 0.220 e. The van der Waals surface area contributed by atoms with Gasteiger partial charge in [0.15, 0.2) is 5.78 Å². The van der Waals surface area contributed by atoms with E-state index in [-0.39, 0.29) is 23.9 Å². The van der Waals surface area contributed by atoms with Gasteiger partial charge in [0.2, 0.25) is 12.1 Å². The van der Waals surface area contributed by atoms with Crippen molar-refractivity contribution in [3.05, 3.63) is 11.6 Å². The van der Waals surface area contributed by atoms with E-state index in [4.69, 9.17) is 9.47 Å². The summed E-state index contributed by atoms with van der Waals surface area (Å²) in [5, 5.41) is 19.6. The summed E-state index contributed by atoms with van der Waals surface area (Å²) in [6.07, 6.45) is 6.50. The molecule has 4 aliphatic rings. The number of aliphatic hydroxyl groups excluding tert-OH is 1. The summed E-state index contributed by atoms with van der Waals surface area (Å²) in [5.74, 6) is 0.877. The molecular formula is C24H36O6. The minimum absolute atomic E-state index is 0.0158. The van der Waals surface area contributed by atoms with Gasteiger partial charge in [-0.15, -0.1) is 0 Å². The number of hydrogen-bond acceptors (Lipinski definition) is 6. The number of ether oxygens (including phenoxy) is 2. The highest BCUT2D eigenvalue weighted by Gasteiger charge is 2.68. The van der Waals surface area contributed by atoms with Crippen LogP contribution < -0.4 is 0 Å². The van der Waals surface area contributed by atoms with E-state index < -0.39 is 23.1 Å². The van der Waals surface area contributed by atoms with Crippen molar-refractivity contribution in [3.8, 4) is 0 Å². The fourth-order valence-electron chi connectivity index (χ4n) is 7.70. The number of carbonyl (C=O) groups excluding carboxylic acids is 2. The molecule has 0 bridgehead atoms. The fraction of sp³-hybridized carbons (Fsp3) is 0.833. The van der Waals surface area contributed by atoms with Gasteiger partial charge in [0.1, 0.15) is 12.4 Å². The molecule has 3 saturated carbocycles. The van der Waals surface area contributed by atoms with Crippen molar-refractivity contribution < 1.29 is 29.3 Å². The second-order valence-electron chi connectivity index (χ2n) is 10.3. The topological polar surface area (TPSA) is 93.1 Å². The van der Waals surface area contributed by atoms with Crippen molar-refractivity contribution in [1.29, 1.82) is 0 Å². The lowest BCUT2D eigenvalue weighted by Gasteiger charge is -2.59. The molecule has 0 aliphatic heterocycles. The Balaban J connectivity index is 1.66. The lowest BCUT2D eigenvalue weighted by atomic mass is 9.46. The third kappa shape index (κ3) is 3.06. The van der Waals surface area contributed by atoms with Crippen molar-refractivity contribution in [3.63, 3.8) is 0 Å². The molecule has 30 heavy (non-hydrogen) atoms. The summed E-state index contributed by atoms with van der Waals surface area (Å²) in [4.78, 5) is 25.1. The zero-order valence-electron chi connectivity index (χ0n) is 18.5. The molecule has 0 aromatic heterocycles. The number of ketones is 2. The molecule has 0 spiro atoms. The van der Waals surface area contributed by atoms with Crippen LogP contribution in [0.4, 0.5) is 0 Å². The largest absolute Gasteiger partial charge is 0.362 e. The van der Waals surface area contributed by atoms with Crippen LogP contribution in [0.15, 0.2) is 11.6 Å². The maximum absolute atomic E-state index is 13.1. The Morgan fingerprint density at radius 1 is 1.13 bits per heavy atom. The molecule has 4 aliphatic carbocycles. The molecule has 6 heteroatoms. The predicted molar refractivity (Wildman–Crippen MR) is 110 cm³/mol. The molecule has 0 unspecified atom stereocenters. The summed E-state index contributed by atoms with van der Waals surface area (Å²) in [6.45, 7) is 6.78. The lowest BCUT2D eigenvalue weighted by Crippen LogP contribution is -2.60. The SMILES string of the molecule is CCOCO[C@]1(C(=O)C(O)O)CC[C@H]2[C@@H]3CCC4=CC(=O)CC[C@]4(C)[C@H]3CC[C@@]21C. The first-order chi connectivity index (χ1) is 14.2. The van der Waals surface area contributed by atoms with Gasteiger partial charge < -0.3 is 19.7 Å². The molecule has 6 nitrogen and oxygen atoms in total. The van der Waals surface area contributed by atoms with Gasteiger partial charge in [-0.2, -0.15) is 0 Å². The third-order valence-electron chi connectivity index (χ3n) is 9.31. The van der Waals surface area contributed by atoms with Crippen LogP contribution in [0.2, 0.25) is 0 Å². The Morgan fingerprint density at radius 3 is 2.57 bits per heavy atom. The van der Waals surface area contributed by atoms with Gasteiger partial charge >= 0.3 is 0 Å². The first-order valence-corrected chi connectivity index (χ1v) is 11.6. The molecule has 0 saturated heterocycles. The fourth-order valence-corrected chi connectivity index (χ4v) is 7.70. The van der Waals surface area contributed by atoms with E-state index in [0.29, 0.717) is 31.3 Å². The Hall–Kier alpha value is -1.08. The van der Waals surface area contributed by atoms with E-state index in [0.717, 1.165) is 38.5 Å². The Bertz CT molecular complexity index is 744. The third-order valence-corrected chi connectivity index (χ3v) is 9.31. The van der Waals surface area contributed by atoms with Gasteiger partial charge in [0, 0.05) is 18.4 Å². The molecule has 0 aromatic rings. The maximum Gasteiger partial charge on any atom is 0.220 e. The van der Waals surface area contributed by atoms with E-state index in [9.17, 15) is 19.8 Å². The number of Topliss-reactive ketones (excluding diaryl/α,β-unsaturated/α-hetero) is 1. The van der Waals surface area contributed by atoms with Crippen molar-refractivity contribution in [1.82, 2.24) is 0 Å². The number of rotatable bonds is 6. The molecule has 0 aromatic carbocycles. The van der Waals surface area contributed by atoms with Gasteiger partial charge in [0.25, 0.3) is 0 Å². The van der Waals surface area contributed by atoms with Crippen molar-refractivity contribution in [2.45, 2.75) is 84.0 Å². The highest BCUT2D eigenvalue weighted by Crippen LogP contribution is 2.68. The van der Waals surface area contributed by atoms with Gasteiger partial charge in [-0.3, -0.25) is 9.59 Å². The minimum atomic E-state index is -2.04. The number of allylic oxidation sites excluding steroid dienone is 1. The quantitative estimate of drug-likeness (QED) is 0.507. The van der Waals surface area contributed by atoms with E-state index in [2.05, 4.69) is 13.8 Å². The highest BCUT2D eigenvalue weighted by atomic mass is 16.7. The summed E-state index contributed by atoms with van der Waals surface area (Å²) >= 11 is 0. The van der Waals surface area contributed by atoms with E-state index in [1.807, 2.05) is 13.0 Å². The highest BCUT2D eigenvalue weighted by molar-refractivity contribution is 5.92. The second kappa shape index (κ2) is 7.80. The molecule has 6 atom stereocenters. The minimum Gasteiger partial charge on any atom is -0.362 e. The average molecular weight is 421 g/mol. The number of fused-ring (bicyclic) bond motifs is 5. The zero-order valence-corrected chi connectivity index (χ0v) is 18.5.